The number of aromatic nitrogens is 2. The molecule has 1 aromatic carbocycles. The van der Waals surface area contributed by atoms with E-state index in [0.29, 0.717) is 35.1 Å². The number of unbranched alkanes of at least 4 members (excludes halogenated alkanes) is 1. The molecule has 3 rings (SSSR count). The Balaban J connectivity index is 1.61. The number of aryl methyl sites for hydroxylation is 1. The maximum Gasteiger partial charge on any atom is 0.338 e. The maximum atomic E-state index is 12.7. The van der Waals surface area contributed by atoms with Crippen LogP contribution < -0.4 is 10.2 Å². The van der Waals surface area contributed by atoms with Gasteiger partial charge in [0.2, 0.25) is 5.95 Å². The molecule has 7 nitrogen and oxygen atoms in total. The summed E-state index contributed by atoms with van der Waals surface area (Å²) in [5.41, 5.74) is 2.14. The van der Waals surface area contributed by atoms with E-state index in [4.69, 9.17) is 4.74 Å². The number of carbonyl (C=O) groups is 2. The van der Waals surface area contributed by atoms with Crippen LogP contribution in [0.2, 0.25) is 0 Å². The number of esters is 1. The van der Waals surface area contributed by atoms with Gasteiger partial charge in [-0.05, 0) is 56.4 Å². The minimum absolute atomic E-state index is 0.274. The Morgan fingerprint density at radius 2 is 1.90 bits per heavy atom. The molecule has 1 saturated heterocycles. The summed E-state index contributed by atoms with van der Waals surface area (Å²) in [6.45, 7) is 8.43. The smallest absolute Gasteiger partial charge is 0.338 e. The Bertz CT molecular complexity index is 875. The van der Waals surface area contributed by atoms with Gasteiger partial charge >= 0.3 is 5.97 Å². The van der Waals surface area contributed by atoms with E-state index >= 15 is 0 Å². The Kier molecular flexibility index (Phi) is 7.38. The third kappa shape index (κ3) is 5.55. The van der Waals surface area contributed by atoms with Crippen LogP contribution >= 0.6 is 0 Å². The van der Waals surface area contributed by atoms with Crippen LogP contribution in [0.15, 0.2) is 30.5 Å². The molecule has 2 heterocycles. The van der Waals surface area contributed by atoms with Crippen LogP contribution in [0.1, 0.15) is 65.9 Å². The van der Waals surface area contributed by atoms with Gasteiger partial charge in [0.25, 0.3) is 5.91 Å². The summed E-state index contributed by atoms with van der Waals surface area (Å²) >= 11 is 0. The van der Waals surface area contributed by atoms with E-state index in [0.717, 1.165) is 44.7 Å². The van der Waals surface area contributed by atoms with E-state index in [-0.39, 0.29) is 11.9 Å². The van der Waals surface area contributed by atoms with Gasteiger partial charge in [0, 0.05) is 25.0 Å². The van der Waals surface area contributed by atoms with Crippen LogP contribution in [0.3, 0.4) is 0 Å². The second-order valence-corrected chi connectivity index (χ2v) is 7.86. The molecule has 0 bridgehead atoms. The summed E-state index contributed by atoms with van der Waals surface area (Å²) in [7, 11) is 0. The molecule has 0 spiro atoms. The van der Waals surface area contributed by atoms with Crippen molar-refractivity contribution in [3.63, 3.8) is 0 Å². The second-order valence-electron chi connectivity index (χ2n) is 7.86. The number of nitrogens with zero attached hydrogens (tertiary/aromatic N) is 3. The number of benzene rings is 1. The number of anilines is 2. The summed E-state index contributed by atoms with van der Waals surface area (Å²) in [5.74, 6) is 0.789. The van der Waals surface area contributed by atoms with E-state index in [1.54, 1.807) is 30.5 Å². The van der Waals surface area contributed by atoms with Crippen LogP contribution in [0.4, 0.5) is 11.6 Å². The molecule has 0 saturated carbocycles. The van der Waals surface area contributed by atoms with Crippen molar-refractivity contribution in [3.05, 3.63) is 47.3 Å². The molecule has 0 radical (unpaired) electrons. The molecule has 30 heavy (non-hydrogen) atoms. The van der Waals surface area contributed by atoms with Gasteiger partial charge < -0.3 is 15.0 Å². The van der Waals surface area contributed by atoms with Crippen LogP contribution in [0.5, 0.6) is 0 Å². The number of ether oxygens (including phenoxy) is 1. The Hall–Kier alpha value is -2.96. The average molecular weight is 411 g/mol. The molecule has 1 N–H and O–H groups in total. The van der Waals surface area contributed by atoms with E-state index in [1.807, 2.05) is 13.8 Å². The number of hydrogen-bond acceptors (Lipinski definition) is 6. The minimum atomic E-state index is -0.353. The molecule has 1 aliphatic rings. The van der Waals surface area contributed by atoms with E-state index in [1.165, 1.54) is 0 Å². The van der Waals surface area contributed by atoms with Crippen molar-refractivity contribution in [1.82, 2.24) is 9.97 Å². The molecule has 1 aromatic heterocycles. The van der Waals surface area contributed by atoms with Crippen molar-refractivity contribution in [2.45, 2.75) is 46.5 Å². The number of amides is 1. The molecule has 0 unspecified atom stereocenters. The van der Waals surface area contributed by atoms with Crippen molar-refractivity contribution >= 4 is 23.5 Å². The molecule has 160 valence electrons. The van der Waals surface area contributed by atoms with Crippen LogP contribution in [0.25, 0.3) is 0 Å². The van der Waals surface area contributed by atoms with Gasteiger partial charge in [-0.3, -0.25) is 4.79 Å². The van der Waals surface area contributed by atoms with E-state index in [2.05, 4.69) is 27.1 Å². The lowest BCUT2D eigenvalue weighted by molar-refractivity contribution is 0.0499. The number of hydrogen-bond donors (Lipinski definition) is 1. The van der Waals surface area contributed by atoms with Crippen molar-refractivity contribution in [2.75, 3.05) is 29.9 Å². The van der Waals surface area contributed by atoms with Crippen molar-refractivity contribution < 1.29 is 14.3 Å². The minimum Gasteiger partial charge on any atom is -0.462 e. The first-order valence-electron chi connectivity index (χ1n) is 10.6. The first-order valence-corrected chi connectivity index (χ1v) is 10.6. The first kappa shape index (κ1) is 21.7. The van der Waals surface area contributed by atoms with E-state index in [9.17, 15) is 9.59 Å². The van der Waals surface area contributed by atoms with Crippen molar-refractivity contribution in [2.24, 2.45) is 5.92 Å². The standard InChI is InChI=1S/C23H30N4O3/c1-4-5-14-30-22(29)18-6-8-19(9-7-18)26-21(28)20-15-24-23(25-17(20)3)27-12-10-16(2)11-13-27/h6-9,15-16H,4-5,10-14H2,1-3H3,(H,26,28). The Morgan fingerprint density at radius 1 is 1.20 bits per heavy atom. The van der Waals surface area contributed by atoms with Gasteiger partial charge in [0.15, 0.2) is 0 Å². The first-order chi connectivity index (χ1) is 14.5. The quantitative estimate of drug-likeness (QED) is 0.543. The van der Waals surface area contributed by atoms with E-state index < -0.39 is 0 Å². The fourth-order valence-corrected chi connectivity index (χ4v) is 3.32. The van der Waals surface area contributed by atoms with Gasteiger partial charge in [-0.15, -0.1) is 0 Å². The molecule has 0 atom stereocenters. The fourth-order valence-electron chi connectivity index (χ4n) is 3.32. The molecule has 7 heteroatoms. The molecular weight excluding hydrogens is 380 g/mol. The highest BCUT2D eigenvalue weighted by Gasteiger charge is 2.20. The molecule has 1 aliphatic heterocycles. The molecule has 1 amide bonds. The number of piperidine rings is 1. The number of rotatable bonds is 7. The van der Waals surface area contributed by atoms with Crippen molar-refractivity contribution in [1.29, 1.82) is 0 Å². The normalized spacial score (nSPS) is 14.4. The summed E-state index contributed by atoms with van der Waals surface area (Å²) in [6, 6.07) is 6.67. The van der Waals surface area contributed by atoms with Crippen LogP contribution in [0, 0.1) is 12.8 Å². The molecule has 0 aliphatic carbocycles. The number of carbonyl (C=O) groups excluding carboxylic acids is 2. The zero-order valence-corrected chi connectivity index (χ0v) is 18.0. The Morgan fingerprint density at radius 3 is 2.53 bits per heavy atom. The SMILES string of the molecule is CCCCOC(=O)c1ccc(NC(=O)c2cnc(N3CCC(C)CC3)nc2C)cc1. The lowest BCUT2D eigenvalue weighted by atomic mass is 10.00. The van der Waals surface area contributed by atoms with Crippen LogP contribution in [-0.4, -0.2) is 41.5 Å². The summed E-state index contributed by atoms with van der Waals surface area (Å²) in [5, 5.41) is 2.84. The summed E-state index contributed by atoms with van der Waals surface area (Å²) in [4.78, 5) is 35.8. The van der Waals surface area contributed by atoms with Gasteiger partial charge in [0.1, 0.15) is 0 Å². The van der Waals surface area contributed by atoms with Crippen LogP contribution in [-0.2, 0) is 4.74 Å². The molecule has 1 fully saturated rings. The predicted octanol–water partition coefficient (Wildman–Crippen LogP) is 4.23. The monoisotopic (exact) mass is 410 g/mol. The number of nitrogens with one attached hydrogen (secondary N) is 1. The average Bonchev–Trinajstić information content (AvgIpc) is 2.74. The third-order valence-corrected chi connectivity index (χ3v) is 5.39. The Labute approximate surface area is 177 Å². The van der Waals surface area contributed by atoms with Gasteiger partial charge in [-0.25, -0.2) is 14.8 Å². The third-order valence-electron chi connectivity index (χ3n) is 5.39. The molecule has 2 aromatic rings. The zero-order valence-electron chi connectivity index (χ0n) is 18.0. The highest BCUT2D eigenvalue weighted by Crippen LogP contribution is 2.21. The van der Waals surface area contributed by atoms with Crippen molar-refractivity contribution in [3.8, 4) is 0 Å². The fraction of sp³-hybridized carbons (Fsp3) is 0.478. The topological polar surface area (TPSA) is 84.4 Å². The molecular formula is C23H30N4O3. The highest BCUT2D eigenvalue weighted by atomic mass is 16.5. The predicted molar refractivity (Wildman–Crippen MR) is 117 cm³/mol. The largest absolute Gasteiger partial charge is 0.462 e. The lowest BCUT2D eigenvalue weighted by Gasteiger charge is -2.30. The lowest BCUT2D eigenvalue weighted by Crippen LogP contribution is -2.34. The highest BCUT2D eigenvalue weighted by molar-refractivity contribution is 6.05. The van der Waals surface area contributed by atoms with Gasteiger partial charge in [0.05, 0.1) is 23.4 Å². The maximum absolute atomic E-state index is 12.7. The summed E-state index contributed by atoms with van der Waals surface area (Å²) < 4.78 is 5.19. The van der Waals surface area contributed by atoms with Gasteiger partial charge in [-0.2, -0.15) is 0 Å². The van der Waals surface area contributed by atoms with Gasteiger partial charge in [-0.1, -0.05) is 20.3 Å². The second kappa shape index (κ2) is 10.2. The zero-order chi connectivity index (χ0) is 21.5. The summed E-state index contributed by atoms with van der Waals surface area (Å²) in [6.07, 6.45) is 5.67.